The van der Waals surface area contributed by atoms with E-state index in [-0.39, 0.29) is 31.1 Å². The number of aliphatic carboxylic acids is 1. The predicted octanol–water partition coefficient (Wildman–Crippen LogP) is -0.0895. The zero-order valence-corrected chi connectivity index (χ0v) is 19.6. The fourth-order valence-corrected chi connectivity index (χ4v) is 2.89. The van der Waals surface area contributed by atoms with E-state index in [4.69, 9.17) is 30.6 Å². The number of phenols is 1. The van der Waals surface area contributed by atoms with Crippen molar-refractivity contribution >= 4 is 23.8 Å². The molecule has 0 radical (unpaired) electrons. The molecule has 0 fully saturated rings. The number of aromatic carboxylic acids is 1. The van der Waals surface area contributed by atoms with Crippen molar-refractivity contribution in [3.05, 3.63) is 42.0 Å². The molecule has 1 aromatic carbocycles. The molecule has 1 unspecified atom stereocenters. The van der Waals surface area contributed by atoms with Gasteiger partial charge in [0.2, 0.25) is 0 Å². The van der Waals surface area contributed by atoms with Gasteiger partial charge in [-0.05, 0) is 18.6 Å². The molecule has 0 bridgehead atoms. The number of hydrogen-bond donors (Lipinski definition) is 6. The number of hydrogen-bond acceptors (Lipinski definition) is 9. The SMILES string of the molecule is CCCCC(C(=O)O)N1C(=O)C=CC1=O.O=C(O)c1ccccc1O.OCCN(CCO)CCO. The number of carboxylic acid groups (broad SMARTS) is 2. The van der Waals surface area contributed by atoms with Crippen LogP contribution >= 0.6 is 0 Å². The Morgan fingerprint density at radius 3 is 1.74 bits per heavy atom. The predicted molar refractivity (Wildman–Crippen MR) is 125 cm³/mol. The Morgan fingerprint density at radius 2 is 1.40 bits per heavy atom. The minimum absolute atomic E-state index is 0.0671. The number of rotatable bonds is 12. The second-order valence-corrected chi connectivity index (χ2v) is 7.21. The molecule has 0 saturated carbocycles. The van der Waals surface area contributed by atoms with E-state index in [2.05, 4.69) is 0 Å². The molecule has 1 aliphatic rings. The van der Waals surface area contributed by atoms with Crippen molar-refractivity contribution in [2.45, 2.75) is 32.2 Å². The molecule has 12 nitrogen and oxygen atoms in total. The van der Waals surface area contributed by atoms with Crippen LogP contribution in [0.1, 0.15) is 36.5 Å². The van der Waals surface area contributed by atoms with Gasteiger partial charge in [-0.3, -0.25) is 19.4 Å². The highest BCUT2D eigenvalue weighted by atomic mass is 16.4. The van der Waals surface area contributed by atoms with Gasteiger partial charge in [0, 0.05) is 31.8 Å². The second kappa shape index (κ2) is 18.1. The number of carbonyl (C=O) groups excluding carboxylic acids is 2. The molecule has 12 heteroatoms. The lowest BCUT2D eigenvalue weighted by Gasteiger charge is -2.21. The van der Waals surface area contributed by atoms with Crippen molar-refractivity contribution in [3.8, 4) is 5.75 Å². The third-order valence-corrected chi connectivity index (χ3v) is 4.65. The average Bonchev–Trinajstić information content (AvgIpc) is 3.13. The number of amides is 2. The first-order chi connectivity index (χ1) is 16.6. The van der Waals surface area contributed by atoms with E-state index in [0.29, 0.717) is 32.5 Å². The van der Waals surface area contributed by atoms with E-state index in [0.717, 1.165) is 23.5 Å². The Balaban J connectivity index is 0.000000513. The Hall–Kier alpha value is -3.32. The van der Waals surface area contributed by atoms with E-state index in [1.807, 2.05) is 6.92 Å². The number of para-hydroxylation sites is 1. The number of benzene rings is 1. The molecule has 1 aromatic rings. The van der Waals surface area contributed by atoms with Gasteiger partial charge in [-0.2, -0.15) is 0 Å². The van der Waals surface area contributed by atoms with Crippen molar-refractivity contribution in [3.63, 3.8) is 0 Å². The van der Waals surface area contributed by atoms with Crippen molar-refractivity contribution in [2.75, 3.05) is 39.5 Å². The molecule has 6 N–H and O–H groups in total. The molecular formula is C23H34N2O10. The van der Waals surface area contributed by atoms with Crippen molar-refractivity contribution in [1.82, 2.24) is 9.80 Å². The standard InChI is InChI=1S/C10H13NO4.C7H6O3.C6H15NO3/c1-2-3-4-7(10(14)15)11-8(12)5-6-9(11)13;8-6-4-2-1-3-5(6)7(9)10;8-4-1-7(2-5-9)3-6-10/h5-7H,2-4H2,1H3,(H,14,15);1-4,8H,(H,9,10);8-10H,1-6H2. The number of carboxylic acids is 2. The smallest absolute Gasteiger partial charge is 0.339 e. The van der Waals surface area contributed by atoms with Crippen LogP contribution in [0.3, 0.4) is 0 Å². The number of nitrogens with zero attached hydrogens (tertiary/aromatic N) is 2. The summed E-state index contributed by atoms with van der Waals surface area (Å²) in [5.41, 5.74) is -0.0671. The summed E-state index contributed by atoms with van der Waals surface area (Å²) in [5, 5.41) is 51.7. The van der Waals surface area contributed by atoms with E-state index in [1.165, 1.54) is 12.1 Å². The quantitative estimate of drug-likeness (QED) is 0.211. The van der Waals surface area contributed by atoms with Crippen molar-refractivity contribution in [2.24, 2.45) is 0 Å². The number of aliphatic hydroxyl groups is 3. The molecule has 1 atom stereocenters. The summed E-state index contributed by atoms with van der Waals surface area (Å²) in [4.78, 5) is 46.3. The van der Waals surface area contributed by atoms with Gasteiger partial charge >= 0.3 is 11.9 Å². The second-order valence-electron chi connectivity index (χ2n) is 7.21. The van der Waals surface area contributed by atoms with Gasteiger partial charge in [-0.1, -0.05) is 31.9 Å². The van der Waals surface area contributed by atoms with Crippen LogP contribution in [0.25, 0.3) is 0 Å². The Labute approximate surface area is 203 Å². The Kier molecular flexibility index (Phi) is 16.4. The van der Waals surface area contributed by atoms with Gasteiger partial charge in [-0.25, -0.2) is 9.59 Å². The van der Waals surface area contributed by atoms with Crippen molar-refractivity contribution < 1.29 is 49.8 Å². The average molecular weight is 499 g/mol. The molecule has 0 saturated heterocycles. The molecule has 1 aliphatic heterocycles. The summed E-state index contributed by atoms with van der Waals surface area (Å²) in [6, 6.07) is 4.78. The highest BCUT2D eigenvalue weighted by molar-refractivity contribution is 6.14. The minimum atomic E-state index is -1.13. The fraction of sp³-hybridized carbons (Fsp3) is 0.478. The third-order valence-electron chi connectivity index (χ3n) is 4.65. The van der Waals surface area contributed by atoms with Crippen LogP contribution in [0.15, 0.2) is 36.4 Å². The van der Waals surface area contributed by atoms with E-state index < -0.39 is 29.8 Å². The third kappa shape index (κ3) is 12.1. The lowest BCUT2D eigenvalue weighted by atomic mass is 10.1. The first-order valence-corrected chi connectivity index (χ1v) is 11.0. The Morgan fingerprint density at radius 1 is 0.914 bits per heavy atom. The highest BCUT2D eigenvalue weighted by Crippen LogP contribution is 2.15. The van der Waals surface area contributed by atoms with Gasteiger partial charge in [0.15, 0.2) is 0 Å². The summed E-state index contributed by atoms with van der Waals surface area (Å²) in [5.74, 6) is -3.52. The summed E-state index contributed by atoms with van der Waals surface area (Å²) < 4.78 is 0. The Bertz CT molecular complexity index is 811. The summed E-state index contributed by atoms with van der Waals surface area (Å²) in [7, 11) is 0. The molecule has 0 spiro atoms. The van der Waals surface area contributed by atoms with Gasteiger partial charge < -0.3 is 30.6 Å². The van der Waals surface area contributed by atoms with Crippen molar-refractivity contribution in [1.29, 1.82) is 0 Å². The molecule has 196 valence electrons. The largest absolute Gasteiger partial charge is 0.507 e. The lowest BCUT2D eigenvalue weighted by molar-refractivity contribution is -0.153. The molecule has 2 rings (SSSR count). The van der Waals surface area contributed by atoms with Crippen LogP contribution in [0, 0.1) is 0 Å². The maximum atomic E-state index is 11.2. The first-order valence-electron chi connectivity index (χ1n) is 11.0. The van der Waals surface area contributed by atoms with Crippen LogP contribution in [-0.2, 0) is 14.4 Å². The molecule has 2 amide bonds. The highest BCUT2D eigenvalue weighted by Gasteiger charge is 2.35. The minimum Gasteiger partial charge on any atom is -0.507 e. The van der Waals surface area contributed by atoms with Crippen LogP contribution in [0.5, 0.6) is 5.75 Å². The van der Waals surface area contributed by atoms with Crippen LogP contribution in [-0.4, -0.2) is 110 Å². The first kappa shape index (κ1) is 31.7. The topological polar surface area (TPSA) is 196 Å². The molecule has 0 aliphatic carbocycles. The molecule has 35 heavy (non-hydrogen) atoms. The number of carbonyl (C=O) groups is 4. The lowest BCUT2D eigenvalue weighted by Crippen LogP contribution is -2.44. The molecular weight excluding hydrogens is 464 g/mol. The fourth-order valence-electron chi connectivity index (χ4n) is 2.89. The number of imide groups is 1. The van der Waals surface area contributed by atoms with E-state index in [9.17, 15) is 19.2 Å². The number of aromatic hydroxyl groups is 1. The zero-order chi connectivity index (χ0) is 26.8. The summed E-state index contributed by atoms with van der Waals surface area (Å²) >= 11 is 0. The maximum absolute atomic E-state index is 11.2. The number of aliphatic hydroxyl groups excluding tert-OH is 3. The van der Waals surface area contributed by atoms with Crippen LogP contribution < -0.4 is 0 Å². The summed E-state index contributed by atoms with van der Waals surface area (Å²) in [6.45, 7) is 3.67. The maximum Gasteiger partial charge on any atom is 0.339 e. The monoisotopic (exact) mass is 498 g/mol. The van der Waals surface area contributed by atoms with Gasteiger partial charge in [-0.15, -0.1) is 0 Å². The van der Waals surface area contributed by atoms with E-state index >= 15 is 0 Å². The zero-order valence-electron chi connectivity index (χ0n) is 19.6. The van der Waals surface area contributed by atoms with Gasteiger partial charge in [0.1, 0.15) is 17.4 Å². The molecule has 0 aromatic heterocycles. The van der Waals surface area contributed by atoms with Crippen LogP contribution in [0.2, 0.25) is 0 Å². The molecule has 1 heterocycles. The van der Waals surface area contributed by atoms with Crippen LogP contribution in [0.4, 0.5) is 0 Å². The number of unbranched alkanes of at least 4 members (excludes halogenated alkanes) is 1. The van der Waals surface area contributed by atoms with Gasteiger partial charge in [0.05, 0.1) is 19.8 Å². The normalized spacial score (nSPS) is 13.1. The summed E-state index contributed by atoms with van der Waals surface area (Å²) in [6.07, 6.45) is 4.01. The van der Waals surface area contributed by atoms with Gasteiger partial charge in [0.25, 0.3) is 11.8 Å². The van der Waals surface area contributed by atoms with E-state index in [1.54, 1.807) is 17.0 Å².